The van der Waals surface area contributed by atoms with Gasteiger partial charge < -0.3 is 10.4 Å². The van der Waals surface area contributed by atoms with Crippen LogP contribution in [0.25, 0.3) is 5.69 Å². The van der Waals surface area contributed by atoms with Crippen molar-refractivity contribution in [1.82, 2.24) is 20.3 Å². The van der Waals surface area contributed by atoms with Gasteiger partial charge in [-0.1, -0.05) is 31.5 Å². The second kappa shape index (κ2) is 7.17. The van der Waals surface area contributed by atoms with E-state index < -0.39 is 0 Å². The van der Waals surface area contributed by atoms with Crippen LogP contribution < -0.4 is 5.32 Å². The van der Waals surface area contributed by atoms with E-state index in [0.29, 0.717) is 12.5 Å². The lowest BCUT2D eigenvalue weighted by Gasteiger charge is -2.05. The summed E-state index contributed by atoms with van der Waals surface area (Å²) >= 11 is 0. The predicted octanol–water partition coefficient (Wildman–Crippen LogP) is 1.84. The molecule has 2 aromatic rings. The molecular formula is C16H22N4O2. The number of amides is 1. The van der Waals surface area contributed by atoms with Gasteiger partial charge in [0, 0.05) is 6.54 Å². The Balaban J connectivity index is 2.17. The third-order valence-electron chi connectivity index (χ3n) is 3.32. The van der Waals surface area contributed by atoms with E-state index in [2.05, 4.69) is 29.4 Å². The molecule has 0 radical (unpaired) electrons. The van der Waals surface area contributed by atoms with Crippen LogP contribution in [0.3, 0.4) is 0 Å². The van der Waals surface area contributed by atoms with Crippen molar-refractivity contribution in [1.29, 1.82) is 0 Å². The average molecular weight is 302 g/mol. The van der Waals surface area contributed by atoms with Crippen molar-refractivity contribution in [3.63, 3.8) is 0 Å². The van der Waals surface area contributed by atoms with Crippen LogP contribution in [0.15, 0.2) is 24.3 Å². The molecular weight excluding hydrogens is 280 g/mol. The molecule has 2 rings (SSSR count). The predicted molar refractivity (Wildman–Crippen MR) is 83.8 cm³/mol. The van der Waals surface area contributed by atoms with Crippen molar-refractivity contribution in [3.8, 4) is 5.69 Å². The van der Waals surface area contributed by atoms with Crippen LogP contribution in [-0.2, 0) is 6.61 Å². The van der Waals surface area contributed by atoms with Crippen LogP contribution in [0.5, 0.6) is 0 Å². The summed E-state index contributed by atoms with van der Waals surface area (Å²) in [6, 6.07) is 7.63. The Kier molecular flexibility index (Phi) is 5.27. The first-order valence-electron chi connectivity index (χ1n) is 7.43. The van der Waals surface area contributed by atoms with Gasteiger partial charge in [-0.25, -0.2) is 0 Å². The Morgan fingerprint density at radius 3 is 2.55 bits per heavy atom. The maximum Gasteiger partial charge on any atom is 0.273 e. The van der Waals surface area contributed by atoms with Crippen LogP contribution in [-0.4, -0.2) is 32.6 Å². The number of aryl methyl sites for hydroxylation is 1. The molecule has 0 bridgehead atoms. The molecule has 1 amide bonds. The summed E-state index contributed by atoms with van der Waals surface area (Å²) in [5, 5.41) is 20.6. The first-order valence-corrected chi connectivity index (χ1v) is 7.43. The number of carbonyl (C=O) groups is 1. The van der Waals surface area contributed by atoms with Gasteiger partial charge in [-0.3, -0.25) is 4.79 Å². The number of aliphatic hydroxyl groups is 1. The number of nitrogens with zero attached hydrogens (tertiary/aromatic N) is 3. The highest BCUT2D eigenvalue weighted by molar-refractivity contribution is 5.93. The molecule has 118 valence electrons. The lowest BCUT2D eigenvalue weighted by Crippen LogP contribution is -2.26. The zero-order valence-electron chi connectivity index (χ0n) is 13.2. The van der Waals surface area contributed by atoms with E-state index in [1.54, 1.807) is 0 Å². The van der Waals surface area contributed by atoms with Crippen molar-refractivity contribution in [3.05, 3.63) is 41.2 Å². The number of rotatable bonds is 6. The number of benzene rings is 1. The quantitative estimate of drug-likeness (QED) is 0.853. The standard InChI is InChI=1S/C16H22N4O2/c1-11(2)8-9-17-16(22)15-14(10-21)18-20(19-15)13-6-4-12(3)5-7-13/h4-7,11,21H,8-10H2,1-3H3,(H,17,22). The van der Waals surface area contributed by atoms with E-state index in [0.717, 1.165) is 17.7 Å². The fourth-order valence-corrected chi connectivity index (χ4v) is 1.97. The van der Waals surface area contributed by atoms with Crippen LogP contribution in [0.4, 0.5) is 0 Å². The summed E-state index contributed by atoms with van der Waals surface area (Å²) in [5.41, 5.74) is 2.33. The molecule has 0 aliphatic heterocycles. The first-order chi connectivity index (χ1) is 10.5. The molecule has 0 spiro atoms. The Bertz CT molecular complexity index is 632. The molecule has 22 heavy (non-hydrogen) atoms. The molecule has 0 aliphatic rings. The van der Waals surface area contributed by atoms with Gasteiger partial charge >= 0.3 is 0 Å². The monoisotopic (exact) mass is 302 g/mol. The van der Waals surface area contributed by atoms with Crippen molar-refractivity contribution in [2.75, 3.05) is 6.54 Å². The van der Waals surface area contributed by atoms with E-state index in [-0.39, 0.29) is 23.9 Å². The van der Waals surface area contributed by atoms with E-state index >= 15 is 0 Å². The molecule has 6 heteroatoms. The van der Waals surface area contributed by atoms with Gasteiger partial charge in [0.25, 0.3) is 5.91 Å². The van der Waals surface area contributed by atoms with Crippen molar-refractivity contribution in [2.45, 2.75) is 33.8 Å². The molecule has 1 heterocycles. The zero-order chi connectivity index (χ0) is 16.1. The largest absolute Gasteiger partial charge is 0.390 e. The molecule has 0 atom stereocenters. The Labute approximate surface area is 130 Å². The second-order valence-electron chi connectivity index (χ2n) is 5.72. The maximum absolute atomic E-state index is 12.2. The minimum atomic E-state index is -0.321. The van der Waals surface area contributed by atoms with Crippen molar-refractivity contribution in [2.24, 2.45) is 5.92 Å². The smallest absolute Gasteiger partial charge is 0.273 e. The number of nitrogens with one attached hydrogen (secondary N) is 1. The summed E-state index contributed by atoms with van der Waals surface area (Å²) < 4.78 is 0. The fourth-order valence-electron chi connectivity index (χ4n) is 1.97. The van der Waals surface area contributed by atoms with Gasteiger partial charge in [0.05, 0.1) is 12.3 Å². The van der Waals surface area contributed by atoms with Crippen LogP contribution in [0.1, 0.15) is 42.0 Å². The molecule has 1 aromatic carbocycles. The number of carbonyl (C=O) groups excluding carboxylic acids is 1. The molecule has 0 fully saturated rings. The topological polar surface area (TPSA) is 80.0 Å². The zero-order valence-corrected chi connectivity index (χ0v) is 13.2. The van der Waals surface area contributed by atoms with E-state index in [1.165, 1.54) is 4.80 Å². The highest BCUT2D eigenvalue weighted by atomic mass is 16.3. The minimum absolute atomic E-state index is 0.173. The SMILES string of the molecule is Cc1ccc(-n2nc(CO)c(C(=O)NCCC(C)C)n2)cc1. The average Bonchev–Trinajstić information content (AvgIpc) is 2.91. The Morgan fingerprint density at radius 2 is 1.95 bits per heavy atom. The third kappa shape index (κ3) is 3.92. The highest BCUT2D eigenvalue weighted by Crippen LogP contribution is 2.10. The molecule has 2 N–H and O–H groups in total. The maximum atomic E-state index is 12.2. The van der Waals surface area contributed by atoms with Gasteiger partial charge in [-0.05, 0) is 31.4 Å². The summed E-state index contributed by atoms with van der Waals surface area (Å²) in [7, 11) is 0. The van der Waals surface area contributed by atoms with Gasteiger partial charge in [-0.2, -0.15) is 4.80 Å². The first kappa shape index (κ1) is 16.2. The fraction of sp³-hybridized carbons (Fsp3) is 0.438. The Hall–Kier alpha value is -2.21. The van der Waals surface area contributed by atoms with E-state index in [1.807, 2.05) is 31.2 Å². The lowest BCUT2D eigenvalue weighted by atomic mass is 10.1. The number of aromatic nitrogens is 3. The summed E-state index contributed by atoms with van der Waals surface area (Å²) in [6.45, 7) is 6.45. The number of aliphatic hydroxyl groups excluding tert-OH is 1. The van der Waals surface area contributed by atoms with Gasteiger partial charge in [-0.15, -0.1) is 10.2 Å². The van der Waals surface area contributed by atoms with Gasteiger partial charge in [0.1, 0.15) is 5.69 Å². The van der Waals surface area contributed by atoms with Crippen molar-refractivity contribution < 1.29 is 9.90 Å². The highest BCUT2D eigenvalue weighted by Gasteiger charge is 2.18. The van der Waals surface area contributed by atoms with E-state index in [4.69, 9.17) is 0 Å². The molecule has 0 aliphatic carbocycles. The molecule has 1 aromatic heterocycles. The van der Waals surface area contributed by atoms with Crippen molar-refractivity contribution >= 4 is 5.91 Å². The van der Waals surface area contributed by atoms with Crippen LogP contribution in [0.2, 0.25) is 0 Å². The number of hydrogen-bond donors (Lipinski definition) is 2. The molecule has 0 unspecified atom stereocenters. The van der Waals surface area contributed by atoms with Crippen LogP contribution >= 0.6 is 0 Å². The number of hydrogen-bond acceptors (Lipinski definition) is 4. The normalized spacial score (nSPS) is 11.0. The van der Waals surface area contributed by atoms with Gasteiger partial charge in [0.2, 0.25) is 0 Å². The summed E-state index contributed by atoms with van der Waals surface area (Å²) in [5.74, 6) is 0.212. The summed E-state index contributed by atoms with van der Waals surface area (Å²) in [4.78, 5) is 13.5. The van der Waals surface area contributed by atoms with Crippen LogP contribution in [0, 0.1) is 12.8 Å². The molecule has 0 saturated heterocycles. The Morgan fingerprint density at radius 1 is 1.27 bits per heavy atom. The minimum Gasteiger partial charge on any atom is -0.390 e. The lowest BCUT2D eigenvalue weighted by molar-refractivity contribution is 0.0943. The molecule has 6 nitrogen and oxygen atoms in total. The van der Waals surface area contributed by atoms with E-state index in [9.17, 15) is 9.90 Å². The molecule has 0 saturated carbocycles. The van der Waals surface area contributed by atoms with Gasteiger partial charge in [0.15, 0.2) is 5.69 Å². The summed E-state index contributed by atoms with van der Waals surface area (Å²) in [6.07, 6.45) is 0.895. The third-order valence-corrected chi connectivity index (χ3v) is 3.32. The second-order valence-corrected chi connectivity index (χ2v) is 5.72.